The second-order valence-electron chi connectivity index (χ2n) is 1.60. The third-order valence-electron chi connectivity index (χ3n) is 0.980. The minimum atomic E-state index is 0. The van der Waals surface area contributed by atoms with Crippen molar-refractivity contribution in [3.63, 3.8) is 0 Å². The van der Waals surface area contributed by atoms with E-state index in [9.17, 15) is 0 Å². The summed E-state index contributed by atoms with van der Waals surface area (Å²) in [5.74, 6) is 0. The molecule has 0 spiro atoms. The Kier molecular flexibility index (Phi) is 6.62. The summed E-state index contributed by atoms with van der Waals surface area (Å²) in [4.78, 5) is 0. The summed E-state index contributed by atoms with van der Waals surface area (Å²) in [6.07, 6.45) is 0. The number of rotatable bonds is 1. The fourth-order valence-corrected chi connectivity index (χ4v) is 2.35. The van der Waals surface area contributed by atoms with Gasteiger partial charge >= 0.3 is 76.8 Å². The Hall–Kier alpha value is 1.28. The predicted octanol–water partition coefficient (Wildman–Crippen LogP) is -2.24. The number of hydrogen-bond donors (Lipinski definition) is 0. The molecule has 0 aliphatic heterocycles. The van der Waals surface area contributed by atoms with E-state index in [0.29, 0.717) is 11.9 Å². The van der Waals surface area contributed by atoms with Gasteiger partial charge in [0.15, 0.2) is 0 Å². The molecule has 0 aromatic heterocycles. The zero-order valence-corrected chi connectivity index (χ0v) is 10.6. The third-order valence-corrected chi connectivity index (χ3v) is 4.23. The van der Waals surface area contributed by atoms with Gasteiger partial charge in [0.25, 0.3) is 0 Å². The van der Waals surface area contributed by atoms with Crippen molar-refractivity contribution in [3.8, 4) is 0 Å². The number of benzene rings is 1. The molecule has 0 radical (unpaired) electrons. The Morgan fingerprint density at radius 1 is 1.20 bits per heavy atom. The summed E-state index contributed by atoms with van der Waals surface area (Å²) in [5.41, 5.74) is 0. The van der Waals surface area contributed by atoms with Crippen LogP contribution >= 0.6 is 11.6 Å². The van der Waals surface area contributed by atoms with Crippen molar-refractivity contribution in [2.45, 2.75) is 0 Å². The second-order valence-corrected chi connectivity index (χ2v) is 5.13. The van der Waals surface area contributed by atoms with Crippen LogP contribution in [0.25, 0.3) is 0 Å². The molecule has 4 heteroatoms. The van der Waals surface area contributed by atoms with Gasteiger partial charge in [0.05, 0.1) is 0 Å². The van der Waals surface area contributed by atoms with Gasteiger partial charge < -0.3 is 17.0 Å². The third kappa shape index (κ3) is 3.60. The molecule has 0 amide bonds. The molecule has 0 atom stereocenters. The number of hydrogen-bond acceptors (Lipinski definition) is 0. The van der Waals surface area contributed by atoms with E-state index in [0.717, 1.165) is 5.02 Å². The predicted molar refractivity (Wildman–Crippen MR) is 42.6 cm³/mol. The SMILES string of the molecule is [Br-].[Mg+][Se]c1ccc(Cl)cc1. The molecule has 0 aliphatic rings. The molecule has 0 saturated heterocycles. The molecule has 0 aliphatic carbocycles. The monoisotopic (exact) mass is 294 g/mol. The van der Waals surface area contributed by atoms with Crippen LogP contribution in [0, 0.1) is 0 Å². The summed E-state index contributed by atoms with van der Waals surface area (Å²) >= 11 is 8.32. The molecule has 0 nitrogen and oxygen atoms in total. The molecule has 1 rings (SSSR count). The summed E-state index contributed by atoms with van der Waals surface area (Å²) in [5, 5.41) is 0.825. The van der Waals surface area contributed by atoms with Crippen LogP contribution in [0.15, 0.2) is 24.3 Å². The van der Waals surface area contributed by atoms with Crippen molar-refractivity contribution in [1.29, 1.82) is 0 Å². The average molecular weight is 295 g/mol. The molecular weight excluding hydrogens is 291 g/mol. The zero-order chi connectivity index (χ0) is 6.69. The van der Waals surface area contributed by atoms with Gasteiger partial charge in [0.2, 0.25) is 0 Å². The first kappa shape index (κ1) is 11.3. The Morgan fingerprint density at radius 3 is 2.10 bits per heavy atom. The minimum absolute atomic E-state index is 0. The van der Waals surface area contributed by atoms with Gasteiger partial charge in [-0.3, -0.25) is 0 Å². The summed E-state index contributed by atoms with van der Waals surface area (Å²) in [7, 11) is 0. The van der Waals surface area contributed by atoms with Crippen molar-refractivity contribution in [1.82, 2.24) is 0 Å². The van der Waals surface area contributed by atoms with Crippen LogP contribution in [0.1, 0.15) is 0 Å². The van der Waals surface area contributed by atoms with Crippen LogP contribution in [-0.2, 0) is 0 Å². The first-order valence-electron chi connectivity index (χ1n) is 2.50. The van der Waals surface area contributed by atoms with Gasteiger partial charge in [-0.1, -0.05) is 0 Å². The van der Waals surface area contributed by atoms with Gasteiger partial charge in [0, 0.05) is 0 Å². The Morgan fingerprint density at radius 2 is 1.70 bits per heavy atom. The molecule has 0 saturated carbocycles. The van der Waals surface area contributed by atoms with Gasteiger partial charge in [-0.15, -0.1) is 0 Å². The van der Waals surface area contributed by atoms with Crippen LogP contribution in [0.5, 0.6) is 0 Å². The Labute approximate surface area is 92.8 Å². The molecule has 0 fully saturated rings. The molecular formula is C6H4BrClMgSe. The fourth-order valence-electron chi connectivity index (χ4n) is 0.531. The van der Waals surface area contributed by atoms with E-state index in [2.05, 4.69) is 12.1 Å². The van der Waals surface area contributed by atoms with E-state index in [1.54, 1.807) is 0 Å². The second kappa shape index (κ2) is 5.87. The maximum atomic E-state index is 5.68. The Bertz CT molecular complexity index is 189. The normalized spacial score (nSPS) is 8.70. The van der Waals surface area contributed by atoms with E-state index in [1.807, 2.05) is 31.6 Å². The maximum absolute atomic E-state index is 5.68. The molecule has 0 bridgehead atoms. The van der Waals surface area contributed by atoms with Crippen molar-refractivity contribution in [3.05, 3.63) is 29.3 Å². The van der Waals surface area contributed by atoms with Crippen molar-refractivity contribution in [2.24, 2.45) is 0 Å². The van der Waals surface area contributed by atoms with Gasteiger partial charge in [0.1, 0.15) is 0 Å². The topological polar surface area (TPSA) is 0 Å². The summed E-state index contributed by atoms with van der Waals surface area (Å²) in [6.45, 7) is 0. The first-order chi connectivity index (χ1) is 4.33. The van der Waals surface area contributed by atoms with E-state index in [4.69, 9.17) is 11.6 Å². The fraction of sp³-hybridized carbons (Fsp3) is 0. The van der Waals surface area contributed by atoms with Crippen molar-refractivity contribution >= 4 is 47.5 Å². The quantitative estimate of drug-likeness (QED) is 0.514. The van der Waals surface area contributed by atoms with E-state index < -0.39 is 0 Å². The van der Waals surface area contributed by atoms with Crippen LogP contribution in [0.2, 0.25) is 5.02 Å². The first-order valence-corrected chi connectivity index (χ1v) is 7.95. The molecule has 0 heterocycles. The van der Waals surface area contributed by atoms with Crippen molar-refractivity contribution < 1.29 is 17.0 Å². The molecule has 1 aromatic carbocycles. The van der Waals surface area contributed by atoms with Crippen LogP contribution in [-0.4, -0.2) is 31.4 Å². The Balaban J connectivity index is 0.000000810. The molecule has 50 valence electrons. The molecule has 0 unspecified atom stereocenters. The summed E-state index contributed by atoms with van der Waals surface area (Å²) in [6, 6.07) is 8.03. The zero-order valence-electron chi connectivity index (χ0n) is 5.18. The van der Waals surface area contributed by atoms with E-state index in [-0.39, 0.29) is 17.0 Å². The van der Waals surface area contributed by atoms with Crippen LogP contribution in [0.3, 0.4) is 0 Å². The molecule has 0 N–H and O–H groups in total. The van der Waals surface area contributed by atoms with Gasteiger partial charge in [-0.25, -0.2) is 0 Å². The molecule has 1 aromatic rings. The van der Waals surface area contributed by atoms with Crippen LogP contribution < -0.4 is 21.4 Å². The molecule has 10 heavy (non-hydrogen) atoms. The number of halogens is 2. The van der Waals surface area contributed by atoms with Crippen LogP contribution in [0.4, 0.5) is 0 Å². The summed E-state index contributed by atoms with van der Waals surface area (Å²) < 4.78 is 1.41. The van der Waals surface area contributed by atoms with Crippen molar-refractivity contribution in [2.75, 3.05) is 0 Å². The van der Waals surface area contributed by atoms with Gasteiger partial charge in [-0.05, 0) is 0 Å². The average Bonchev–Trinajstić information content (AvgIpc) is 1.90. The van der Waals surface area contributed by atoms with E-state index >= 15 is 0 Å². The standard InChI is InChI=1S/C6H5ClSe.BrH.Mg/c7-5-1-3-6(8)4-2-5;;/h1-4,8H;1H;/q;;+2/p-2. The van der Waals surface area contributed by atoms with E-state index in [1.165, 1.54) is 4.46 Å². The van der Waals surface area contributed by atoms with Gasteiger partial charge in [-0.2, -0.15) is 0 Å².